The van der Waals surface area contributed by atoms with Gasteiger partial charge in [0.2, 0.25) is 5.76 Å². The van der Waals surface area contributed by atoms with Gasteiger partial charge in [-0.1, -0.05) is 0 Å². The molecule has 0 aliphatic carbocycles. The van der Waals surface area contributed by atoms with Crippen LogP contribution in [-0.4, -0.2) is 29.8 Å². The van der Waals surface area contributed by atoms with Gasteiger partial charge in [0.1, 0.15) is 0 Å². The number of carboxylic acid groups (broad SMARTS) is 1. The number of ether oxygens (including phenoxy) is 1. The average Bonchev–Trinajstić information content (AvgIpc) is 2.84. The lowest BCUT2D eigenvalue weighted by molar-refractivity contribution is 0.0312. The molecule has 1 aliphatic rings. The summed E-state index contributed by atoms with van der Waals surface area (Å²) in [5, 5.41) is 11.7. The van der Waals surface area contributed by atoms with Gasteiger partial charge in [-0.3, -0.25) is 0 Å². The van der Waals surface area contributed by atoms with Crippen molar-refractivity contribution in [3.63, 3.8) is 0 Å². The highest BCUT2D eigenvalue weighted by atomic mass is 16.5. The number of hydrogen-bond donors (Lipinski definition) is 2. The number of furan rings is 1. The van der Waals surface area contributed by atoms with Crippen molar-refractivity contribution in [3.8, 4) is 0 Å². The van der Waals surface area contributed by atoms with Gasteiger partial charge in [-0.05, 0) is 25.8 Å². The summed E-state index contributed by atoms with van der Waals surface area (Å²) in [6.07, 6.45) is 2.07. The van der Waals surface area contributed by atoms with E-state index in [2.05, 4.69) is 5.32 Å². The Kier molecular flexibility index (Phi) is 2.87. The fraction of sp³-hybridized carbons (Fsp3) is 0.545. The molecule has 0 bridgehead atoms. The van der Waals surface area contributed by atoms with Crippen molar-refractivity contribution in [2.75, 3.05) is 18.5 Å². The zero-order valence-corrected chi connectivity index (χ0v) is 9.16. The minimum atomic E-state index is -1.06. The van der Waals surface area contributed by atoms with E-state index in [0.29, 0.717) is 12.4 Å². The Hall–Kier alpha value is -1.49. The zero-order chi connectivity index (χ0) is 11.6. The summed E-state index contributed by atoms with van der Waals surface area (Å²) in [5.74, 6) is -0.648. The molecule has 1 fully saturated rings. The summed E-state index contributed by atoms with van der Waals surface area (Å²) in [5.41, 5.74) is -0.170. The first-order valence-electron chi connectivity index (χ1n) is 5.30. The van der Waals surface area contributed by atoms with Crippen molar-refractivity contribution in [2.45, 2.75) is 25.4 Å². The minimum Gasteiger partial charge on any atom is -0.475 e. The molecule has 5 nitrogen and oxygen atoms in total. The van der Waals surface area contributed by atoms with E-state index in [4.69, 9.17) is 14.3 Å². The van der Waals surface area contributed by atoms with Crippen LogP contribution in [-0.2, 0) is 4.74 Å². The number of carbonyl (C=O) groups is 1. The van der Waals surface area contributed by atoms with Gasteiger partial charge in [-0.15, -0.1) is 0 Å². The lowest BCUT2D eigenvalue weighted by atomic mass is 10.0. The first-order chi connectivity index (χ1) is 7.59. The smallest absolute Gasteiger partial charge is 0.371 e. The Morgan fingerprint density at radius 3 is 3.00 bits per heavy atom. The van der Waals surface area contributed by atoms with E-state index < -0.39 is 5.97 Å². The van der Waals surface area contributed by atoms with Crippen molar-refractivity contribution in [1.29, 1.82) is 0 Å². The first-order valence-corrected chi connectivity index (χ1v) is 5.30. The molecule has 1 aromatic heterocycles. The van der Waals surface area contributed by atoms with Gasteiger partial charge in [0, 0.05) is 19.2 Å². The predicted octanol–water partition coefficient (Wildman–Crippen LogP) is 1.96. The van der Waals surface area contributed by atoms with E-state index in [1.807, 2.05) is 6.92 Å². The maximum absolute atomic E-state index is 10.6. The summed E-state index contributed by atoms with van der Waals surface area (Å²) in [6.45, 7) is 3.45. The highest BCUT2D eigenvalue weighted by Crippen LogP contribution is 2.25. The van der Waals surface area contributed by atoms with Gasteiger partial charge < -0.3 is 19.6 Å². The van der Waals surface area contributed by atoms with E-state index in [1.54, 1.807) is 6.07 Å². The van der Waals surface area contributed by atoms with Crippen LogP contribution < -0.4 is 5.32 Å². The molecule has 0 aromatic carbocycles. The molecule has 2 rings (SSSR count). The highest BCUT2D eigenvalue weighted by Gasteiger charge is 2.29. The molecule has 0 saturated carbocycles. The van der Waals surface area contributed by atoms with E-state index in [-0.39, 0.29) is 11.4 Å². The maximum atomic E-state index is 10.6. The van der Waals surface area contributed by atoms with Crippen LogP contribution in [0.3, 0.4) is 0 Å². The second kappa shape index (κ2) is 4.17. The van der Waals surface area contributed by atoms with E-state index in [0.717, 1.165) is 19.4 Å². The largest absolute Gasteiger partial charge is 0.475 e. The molecule has 1 aliphatic heterocycles. The summed E-state index contributed by atoms with van der Waals surface area (Å²) in [4.78, 5) is 10.6. The van der Waals surface area contributed by atoms with Crippen LogP contribution in [0, 0.1) is 0 Å². The second-order valence-corrected chi connectivity index (χ2v) is 4.22. The Labute approximate surface area is 93.4 Å². The molecule has 16 heavy (non-hydrogen) atoms. The normalized spacial score (nSPS) is 24.6. The average molecular weight is 225 g/mol. The number of aromatic carboxylic acids is 1. The van der Waals surface area contributed by atoms with Crippen LogP contribution in [0.4, 0.5) is 5.88 Å². The van der Waals surface area contributed by atoms with Gasteiger partial charge >= 0.3 is 5.97 Å². The number of nitrogens with one attached hydrogen (secondary N) is 1. The van der Waals surface area contributed by atoms with Crippen LogP contribution in [0.25, 0.3) is 0 Å². The molecule has 0 radical (unpaired) electrons. The Bertz CT molecular complexity index is 379. The molecule has 5 heteroatoms. The van der Waals surface area contributed by atoms with Crippen LogP contribution in [0.2, 0.25) is 0 Å². The second-order valence-electron chi connectivity index (χ2n) is 4.22. The third-order valence-corrected chi connectivity index (χ3v) is 2.75. The number of hydrogen-bond acceptors (Lipinski definition) is 4. The predicted molar refractivity (Wildman–Crippen MR) is 57.7 cm³/mol. The van der Waals surface area contributed by atoms with Gasteiger partial charge in [0.05, 0.1) is 5.60 Å². The lowest BCUT2D eigenvalue weighted by Crippen LogP contribution is -2.32. The van der Waals surface area contributed by atoms with Crippen LogP contribution >= 0.6 is 0 Å². The van der Waals surface area contributed by atoms with E-state index in [9.17, 15) is 4.79 Å². The molecule has 0 amide bonds. The fourth-order valence-corrected chi connectivity index (χ4v) is 1.80. The standard InChI is InChI=1S/C11H15NO4/c1-11(5-2-6-15-11)7-12-9-4-3-8(16-9)10(13)14/h3-4,12H,2,5-7H2,1H3,(H,13,14). The summed E-state index contributed by atoms with van der Waals surface area (Å²) in [7, 11) is 0. The monoisotopic (exact) mass is 225 g/mol. The van der Waals surface area contributed by atoms with Crippen molar-refractivity contribution in [1.82, 2.24) is 0 Å². The van der Waals surface area contributed by atoms with E-state index in [1.165, 1.54) is 6.07 Å². The SMILES string of the molecule is CC1(CNc2ccc(C(=O)O)o2)CCCO1. The van der Waals surface area contributed by atoms with Crippen molar-refractivity contribution < 1.29 is 19.1 Å². The Morgan fingerprint density at radius 2 is 2.44 bits per heavy atom. The van der Waals surface area contributed by atoms with Crippen LogP contribution in [0.15, 0.2) is 16.5 Å². The third kappa shape index (κ3) is 2.36. The molecule has 0 spiro atoms. The maximum Gasteiger partial charge on any atom is 0.371 e. The fourth-order valence-electron chi connectivity index (χ4n) is 1.80. The number of rotatable bonds is 4. The minimum absolute atomic E-state index is 0.0556. The molecule has 1 unspecified atom stereocenters. The Morgan fingerprint density at radius 1 is 1.62 bits per heavy atom. The summed E-state index contributed by atoms with van der Waals surface area (Å²) < 4.78 is 10.7. The first kappa shape index (κ1) is 11.0. The number of anilines is 1. The molecular formula is C11H15NO4. The molecule has 2 N–H and O–H groups in total. The van der Waals surface area contributed by atoms with E-state index >= 15 is 0 Å². The summed E-state index contributed by atoms with van der Waals surface area (Å²) >= 11 is 0. The molecule has 2 heterocycles. The van der Waals surface area contributed by atoms with Gasteiger partial charge in [-0.2, -0.15) is 0 Å². The quantitative estimate of drug-likeness (QED) is 0.819. The number of carboxylic acids is 1. The molecule has 1 atom stereocenters. The van der Waals surface area contributed by atoms with Gasteiger partial charge in [0.25, 0.3) is 0 Å². The molecule has 88 valence electrons. The lowest BCUT2D eigenvalue weighted by Gasteiger charge is -2.22. The van der Waals surface area contributed by atoms with Crippen LogP contribution in [0.5, 0.6) is 0 Å². The molecular weight excluding hydrogens is 210 g/mol. The summed E-state index contributed by atoms with van der Waals surface area (Å²) in [6, 6.07) is 3.05. The van der Waals surface area contributed by atoms with Crippen molar-refractivity contribution in [3.05, 3.63) is 17.9 Å². The Balaban J connectivity index is 1.91. The highest BCUT2D eigenvalue weighted by molar-refractivity contribution is 5.84. The topological polar surface area (TPSA) is 71.7 Å². The zero-order valence-electron chi connectivity index (χ0n) is 9.16. The van der Waals surface area contributed by atoms with Crippen LogP contribution in [0.1, 0.15) is 30.3 Å². The van der Waals surface area contributed by atoms with Gasteiger partial charge in [0.15, 0.2) is 5.88 Å². The van der Waals surface area contributed by atoms with Gasteiger partial charge in [-0.25, -0.2) is 4.79 Å². The third-order valence-electron chi connectivity index (χ3n) is 2.75. The molecule has 1 saturated heterocycles. The van der Waals surface area contributed by atoms with Crippen molar-refractivity contribution in [2.24, 2.45) is 0 Å². The van der Waals surface area contributed by atoms with Crippen molar-refractivity contribution >= 4 is 11.9 Å². The molecule has 1 aromatic rings.